The third-order valence-corrected chi connectivity index (χ3v) is 7.07. The molecule has 4 heterocycles. The van der Waals surface area contributed by atoms with Crippen LogP contribution in [0.25, 0.3) is 11.1 Å². The van der Waals surface area contributed by atoms with Gasteiger partial charge in [-0.25, -0.2) is 14.9 Å². The first-order chi connectivity index (χ1) is 15.0. The van der Waals surface area contributed by atoms with Crippen LogP contribution >= 0.6 is 0 Å². The molecule has 0 radical (unpaired) electrons. The van der Waals surface area contributed by atoms with Crippen molar-refractivity contribution >= 4 is 5.96 Å². The van der Waals surface area contributed by atoms with E-state index >= 15 is 0 Å². The van der Waals surface area contributed by atoms with Crippen molar-refractivity contribution in [1.29, 1.82) is 5.26 Å². The number of nitrogens with two attached hydrogens (primary N) is 1. The first kappa shape index (κ1) is 18.7. The summed E-state index contributed by atoms with van der Waals surface area (Å²) in [6.07, 6.45) is 3.69. The van der Waals surface area contributed by atoms with Gasteiger partial charge in [-0.05, 0) is 60.6 Å². The lowest BCUT2D eigenvalue weighted by molar-refractivity contribution is -0.249. The Morgan fingerprint density at radius 3 is 2.74 bits per heavy atom. The summed E-state index contributed by atoms with van der Waals surface area (Å²) in [6.45, 7) is 0.802. The molecule has 4 aliphatic heterocycles. The molecule has 1 saturated carbocycles. The zero-order chi connectivity index (χ0) is 21.2. The van der Waals surface area contributed by atoms with Gasteiger partial charge in [-0.15, -0.1) is 0 Å². The van der Waals surface area contributed by atoms with Crippen molar-refractivity contribution in [3.05, 3.63) is 53.6 Å². The van der Waals surface area contributed by atoms with E-state index in [0.717, 1.165) is 41.9 Å². The van der Waals surface area contributed by atoms with E-state index in [1.54, 1.807) is 13.1 Å². The SMILES string of the molecule is CN1OC2(C[C@]3(CC4CCC3OC4)Oc3ccc(-c4cccc(C#N)c4)cc32)N=C1N. The van der Waals surface area contributed by atoms with Gasteiger partial charge in [-0.2, -0.15) is 5.26 Å². The van der Waals surface area contributed by atoms with Gasteiger partial charge >= 0.3 is 0 Å². The Labute approximate surface area is 181 Å². The molecule has 2 spiro atoms. The van der Waals surface area contributed by atoms with Crippen molar-refractivity contribution in [2.75, 3.05) is 13.7 Å². The van der Waals surface area contributed by atoms with Crippen LogP contribution in [0.5, 0.6) is 5.75 Å². The summed E-state index contributed by atoms with van der Waals surface area (Å²) in [5, 5.41) is 10.8. The van der Waals surface area contributed by atoms with Crippen LogP contribution in [0.15, 0.2) is 47.5 Å². The van der Waals surface area contributed by atoms with Gasteiger partial charge in [0.05, 0.1) is 29.9 Å². The normalized spacial score (nSPS) is 33.2. The Morgan fingerprint density at radius 2 is 2.06 bits per heavy atom. The van der Waals surface area contributed by atoms with Gasteiger partial charge in [0.2, 0.25) is 11.7 Å². The molecular weight excluding hydrogens is 392 g/mol. The Hall–Kier alpha value is -3.08. The number of aliphatic imine (C=N–C) groups is 1. The van der Waals surface area contributed by atoms with Crippen LogP contribution in [0.2, 0.25) is 0 Å². The summed E-state index contributed by atoms with van der Waals surface area (Å²) in [5.41, 5.74) is 8.16. The molecule has 158 valence electrons. The van der Waals surface area contributed by atoms with Gasteiger partial charge in [-0.1, -0.05) is 18.2 Å². The first-order valence-electron chi connectivity index (χ1n) is 10.7. The minimum Gasteiger partial charge on any atom is -0.484 e. The molecule has 3 fully saturated rings. The van der Waals surface area contributed by atoms with E-state index in [1.807, 2.05) is 30.3 Å². The largest absolute Gasteiger partial charge is 0.484 e. The van der Waals surface area contributed by atoms with Gasteiger partial charge in [-0.3, -0.25) is 0 Å². The average molecular weight is 416 g/mol. The maximum Gasteiger partial charge on any atom is 0.222 e. The quantitative estimate of drug-likeness (QED) is 0.767. The second-order valence-corrected chi connectivity index (χ2v) is 9.06. The minimum absolute atomic E-state index is 0.0282. The number of ether oxygens (including phenoxy) is 2. The number of hydrogen-bond acceptors (Lipinski definition) is 7. The maximum atomic E-state index is 9.28. The number of benzene rings is 2. The molecule has 5 aliphatic rings. The topological polar surface area (TPSA) is 93.1 Å². The van der Waals surface area contributed by atoms with Crippen LogP contribution < -0.4 is 10.5 Å². The number of hydroxylamine groups is 2. The molecule has 0 amide bonds. The molecule has 1 aliphatic carbocycles. The number of rotatable bonds is 1. The molecule has 7 heteroatoms. The number of nitrogens with zero attached hydrogens (tertiary/aromatic N) is 3. The monoisotopic (exact) mass is 416 g/mol. The van der Waals surface area contributed by atoms with Gasteiger partial charge in [0.25, 0.3) is 0 Å². The molecule has 7 rings (SSSR count). The molecular formula is C24H24N4O3. The highest BCUT2D eigenvalue weighted by Gasteiger charge is 2.61. The number of guanidine groups is 1. The summed E-state index contributed by atoms with van der Waals surface area (Å²) in [6, 6.07) is 15.8. The van der Waals surface area contributed by atoms with E-state index in [4.69, 9.17) is 25.0 Å². The van der Waals surface area contributed by atoms with Crippen LogP contribution in [0.4, 0.5) is 0 Å². The van der Waals surface area contributed by atoms with Crippen molar-refractivity contribution in [1.82, 2.24) is 5.06 Å². The number of hydrogen-bond donors (Lipinski definition) is 1. The van der Waals surface area contributed by atoms with Crippen LogP contribution in [-0.2, 0) is 15.3 Å². The van der Waals surface area contributed by atoms with Crippen molar-refractivity contribution < 1.29 is 14.3 Å². The lowest BCUT2D eigenvalue weighted by atomic mass is 9.68. The van der Waals surface area contributed by atoms with E-state index in [-0.39, 0.29) is 6.10 Å². The van der Waals surface area contributed by atoms with Crippen LogP contribution in [0, 0.1) is 17.2 Å². The number of fused-ring (bicyclic) bond motifs is 4. The highest BCUT2D eigenvalue weighted by molar-refractivity contribution is 5.79. The van der Waals surface area contributed by atoms with E-state index in [9.17, 15) is 5.26 Å². The lowest BCUT2D eigenvalue weighted by Crippen LogP contribution is -2.62. The molecule has 7 nitrogen and oxygen atoms in total. The molecule has 2 bridgehead atoms. The van der Waals surface area contributed by atoms with E-state index in [1.165, 1.54) is 11.5 Å². The zero-order valence-electron chi connectivity index (χ0n) is 17.4. The lowest BCUT2D eigenvalue weighted by Gasteiger charge is -2.55. The highest BCUT2D eigenvalue weighted by atomic mass is 16.7. The fourth-order valence-electron chi connectivity index (χ4n) is 5.65. The van der Waals surface area contributed by atoms with Gasteiger partial charge < -0.3 is 15.2 Å². The predicted octanol–water partition coefficient (Wildman–Crippen LogP) is 3.29. The number of nitriles is 1. The fourth-order valence-corrected chi connectivity index (χ4v) is 5.65. The molecule has 3 unspecified atom stereocenters. The maximum absolute atomic E-state index is 9.28. The van der Waals surface area contributed by atoms with Gasteiger partial charge in [0, 0.05) is 13.5 Å². The zero-order valence-corrected chi connectivity index (χ0v) is 17.4. The van der Waals surface area contributed by atoms with E-state index in [2.05, 4.69) is 12.1 Å². The Bertz CT molecular complexity index is 1130. The predicted molar refractivity (Wildman–Crippen MR) is 114 cm³/mol. The van der Waals surface area contributed by atoms with Crippen molar-refractivity contribution in [3.8, 4) is 22.9 Å². The van der Waals surface area contributed by atoms with E-state index < -0.39 is 11.3 Å². The molecule has 31 heavy (non-hydrogen) atoms. The highest BCUT2D eigenvalue weighted by Crippen LogP contribution is 2.56. The van der Waals surface area contributed by atoms with Crippen molar-refractivity contribution in [2.45, 2.75) is 43.1 Å². The third kappa shape index (κ3) is 2.75. The molecule has 2 N–H and O–H groups in total. The molecule has 2 aromatic rings. The Morgan fingerprint density at radius 1 is 1.19 bits per heavy atom. The van der Waals surface area contributed by atoms with Crippen LogP contribution in [0.3, 0.4) is 0 Å². The fraction of sp³-hybridized carbons (Fsp3) is 0.417. The van der Waals surface area contributed by atoms with Gasteiger partial charge in [0.15, 0.2) is 0 Å². The molecule has 2 aromatic carbocycles. The molecule has 0 aromatic heterocycles. The summed E-state index contributed by atoms with van der Waals surface area (Å²) in [4.78, 5) is 11.1. The summed E-state index contributed by atoms with van der Waals surface area (Å²) in [5.74, 6) is 1.60. The van der Waals surface area contributed by atoms with E-state index in [0.29, 0.717) is 23.9 Å². The molecule has 2 saturated heterocycles. The summed E-state index contributed by atoms with van der Waals surface area (Å²) in [7, 11) is 1.78. The third-order valence-electron chi connectivity index (χ3n) is 7.07. The first-order valence-corrected chi connectivity index (χ1v) is 10.7. The van der Waals surface area contributed by atoms with Crippen molar-refractivity contribution in [2.24, 2.45) is 16.6 Å². The van der Waals surface area contributed by atoms with Crippen LogP contribution in [-0.4, -0.2) is 36.4 Å². The second-order valence-electron chi connectivity index (χ2n) is 9.06. The summed E-state index contributed by atoms with van der Waals surface area (Å²) < 4.78 is 12.9. The molecule has 4 atom stereocenters. The minimum atomic E-state index is -0.948. The smallest absolute Gasteiger partial charge is 0.222 e. The summed E-state index contributed by atoms with van der Waals surface area (Å²) >= 11 is 0. The Kier molecular flexibility index (Phi) is 3.89. The Balaban J connectivity index is 1.49. The standard InChI is InChI=1S/C24H24N4O3/c1-28-22(26)27-24(31-28)14-23(11-16-5-8-21(23)29-13-16)30-20-7-6-18(10-19(20)24)17-4-2-3-15(9-17)12-25/h2-4,6-7,9-10,16,21H,5,8,11,13-14H2,1H3,(H2,26,27)/t16?,21?,23-,24?/m0/s1. The van der Waals surface area contributed by atoms with Crippen LogP contribution in [0.1, 0.15) is 36.8 Å². The average Bonchev–Trinajstić information content (AvgIpc) is 3.07. The second kappa shape index (κ2) is 6.46. The van der Waals surface area contributed by atoms with Crippen molar-refractivity contribution in [3.63, 3.8) is 0 Å². The van der Waals surface area contributed by atoms with Gasteiger partial charge in [0.1, 0.15) is 11.4 Å².